The zero-order chi connectivity index (χ0) is 10.4. The minimum absolute atomic E-state index is 0.157. The van der Waals surface area contributed by atoms with Gasteiger partial charge in [-0.15, -0.1) is 11.3 Å². The lowest BCUT2D eigenvalue weighted by atomic mass is 10.2. The molecule has 1 aromatic heterocycles. The molecule has 0 aromatic carbocycles. The van der Waals surface area contributed by atoms with Gasteiger partial charge in [-0.2, -0.15) is 0 Å². The zero-order valence-corrected chi connectivity index (χ0v) is 9.26. The van der Waals surface area contributed by atoms with Crippen molar-refractivity contribution in [3.63, 3.8) is 0 Å². The van der Waals surface area contributed by atoms with Crippen molar-refractivity contribution < 1.29 is 9.53 Å². The summed E-state index contributed by atoms with van der Waals surface area (Å²) >= 11 is 1.71. The maximum atomic E-state index is 10.9. The number of nitrogens with one attached hydrogen (secondary N) is 1. The molecular weight excluding hydrogens is 198 g/mol. The van der Waals surface area contributed by atoms with Gasteiger partial charge in [0, 0.05) is 17.5 Å². The van der Waals surface area contributed by atoms with Crippen molar-refractivity contribution >= 4 is 17.3 Å². The van der Waals surface area contributed by atoms with Crippen LogP contribution in [0, 0.1) is 0 Å². The van der Waals surface area contributed by atoms with E-state index < -0.39 is 0 Å². The van der Waals surface area contributed by atoms with Crippen LogP contribution in [0.4, 0.5) is 0 Å². The third-order valence-corrected chi connectivity index (χ3v) is 2.78. The fraction of sp³-hybridized carbons (Fsp3) is 0.500. The Morgan fingerprint density at radius 1 is 1.71 bits per heavy atom. The highest BCUT2D eigenvalue weighted by Crippen LogP contribution is 2.08. The first-order valence-corrected chi connectivity index (χ1v) is 5.43. The first kappa shape index (κ1) is 11.2. The first-order valence-electron chi connectivity index (χ1n) is 4.55. The van der Waals surface area contributed by atoms with Gasteiger partial charge in [0.15, 0.2) is 0 Å². The Morgan fingerprint density at radius 2 is 2.50 bits per heavy atom. The fourth-order valence-electron chi connectivity index (χ4n) is 1.09. The minimum atomic E-state index is -0.170. The van der Waals surface area contributed by atoms with Crippen LogP contribution in [0.5, 0.6) is 0 Å². The molecule has 0 aliphatic carbocycles. The quantitative estimate of drug-likeness (QED) is 0.758. The van der Waals surface area contributed by atoms with Gasteiger partial charge in [0.25, 0.3) is 0 Å². The van der Waals surface area contributed by atoms with Gasteiger partial charge < -0.3 is 10.1 Å². The van der Waals surface area contributed by atoms with Crippen LogP contribution < -0.4 is 5.32 Å². The molecule has 3 nitrogen and oxygen atoms in total. The summed E-state index contributed by atoms with van der Waals surface area (Å²) in [7, 11) is 1.41. The number of rotatable bonds is 5. The van der Waals surface area contributed by atoms with Crippen LogP contribution in [0.15, 0.2) is 17.5 Å². The van der Waals surface area contributed by atoms with Gasteiger partial charge in [-0.25, -0.2) is 0 Å². The number of methoxy groups -OCH3 is 1. The maximum Gasteiger partial charge on any atom is 0.307 e. The van der Waals surface area contributed by atoms with Crippen LogP contribution in [0.2, 0.25) is 0 Å². The predicted octanol–water partition coefficient (Wildman–Crippen LogP) is 1.79. The zero-order valence-electron chi connectivity index (χ0n) is 8.45. The van der Waals surface area contributed by atoms with E-state index in [2.05, 4.69) is 16.1 Å². The van der Waals surface area contributed by atoms with Crippen molar-refractivity contribution in [2.24, 2.45) is 0 Å². The molecule has 0 radical (unpaired) electrons. The van der Waals surface area contributed by atoms with Crippen molar-refractivity contribution in [1.82, 2.24) is 5.32 Å². The summed E-state index contributed by atoms with van der Waals surface area (Å²) in [5.74, 6) is -0.170. The molecule has 1 atom stereocenters. The van der Waals surface area contributed by atoms with Crippen molar-refractivity contribution in [3.05, 3.63) is 22.4 Å². The Kier molecular flexibility index (Phi) is 4.62. The lowest BCUT2D eigenvalue weighted by molar-refractivity contribution is -0.141. The standard InChI is InChI=1S/C10H15NO2S/c1-8(6-10(12)13-2)11-7-9-4-3-5-14-9/h3-5,8,11H,6-7H2,1-2H3/t8-/m1/s1. The lowest BCUT2D eigenvalue weighted by Crippen LogP contribution is -2.28. The summed E-state index contributed by atoms with van der Waals surface area (Å²) < 4.78 is 4.58. The summed E-state index contributed by atoms with van der Waals surface area (Å²) in [5, 5.41) is 5.30. The van der Waals surface area contributed by atoms with Crippen molar-refractivity contribution in [3.8, 4) is 0 Å². The molecule has 0 aliphatic rings. The van der Waals surface area contributed by atoms with Gasteiger partial charge in [0.2, 0.25) is 0 Å². The fourth-order valence-corrected chi connectivity index (χ4v) is 1.75. The van der Waals surface area contributed by atoms with E-state index in [-0.39, 0.29) is 12.0 Å². The number of carbonyl (C=O) groups is 1. The smallest absolute Gasteiger partial charge is 0.307 e. The number of ether oxygens (including phenoxy) is 1. The Balaban J connectivity index is 2.21. The molecule has 1 rings (SSSR count). The van der Waals surface area contributed by atoms with E-state index in [1.165, 1.54) is 12.0 Å². The normalized spacial score (nSPS) is 12.4. The molecule has 0 amide bonds. The molecule has 1 N–H and O–H groups in total. The second-order valence-corrected chi connectivity index (χ2v) is 4.17. The summed E-state index contributed by atoms with van der Waals surface area (Å²) in [5.41, 5.74) is 0. The van der Waals surface area contributed by atoms with Crippen molar-refractivity contribution in [2.75, 3.05) is 7.11 Å². The topological polar surface area (TPSA) is 38.3 Å². The largest absolute Gasteiger partial charge is 0.469 e. The highest BCUT2D eigenvalue weighted by Gasteiger charge is 2.08. The molecule has 0 aliphatic heterocycles. The van der Waals surface area contributed by atoms with Gasteiger partial charge in [-0.05, 0) is 18.4 Å². The number of hydrogen-bond donors (Lipinski definition) is 1. The summed E-state index contributed by atoms with van der Waals surface area (Å²) in [6.45, 7) is 2.79. The maximum absolute atomic E-state index is 10.9. The van der Waals surface area contributed by atoms with E-state index in [4.69, 9.17) is 0 Å². The molecule has 0 spiro atoms. The lowest BCUT2D eigenvalue weighted by Gasteiger charge is -2.11. The molecule has 4 heteroatoms. The third-order valence-electron chi connectivity index (χ3n) is 1.91. The van der Waals surface area contributed by atoms with E-state index in [0.29, 0.717) is 6.42 Å². The van der Waals surface area contributed by atoms with E-state index in [0.717, 1.165) is 6.54 Å². The van der Waals surface area contributed by atoms with E-state index in [1.807, 2.05) is 18.4 Å². The van der Waals surface area contributed by atoms with Crippen molar-refractivity contribution in [2.45, 2.75) is 25.9 Å². The van der Waals surface area contributed by atoms with Crippen LogP contribution in [0.25, 0.3) is 0 Å². The highest BCUT2D eigenvalue weighted by atomic mass is 32.1. The monoisotopic (exact) mass is 213 g/mol. The minimum Gasteiger partial charge on any atom is -0.469 e. The van der Waals surface area contributed by atoms with E-state index in [1.54, 1.807) is 11.3 Å². The number of esters is 1. The Morgan fingerprint density at radius 3 is 3.07 bits per heavy atom. The molecule has 1 aromatic rings. The highest BCUT2D eigenvalue weighted by molar-refractivity contribution is 7.09. The summed E-state index contributed by atoms with van der Waals surface area (Å²) in [6, 6.07) is 4.25. The molecular formula is C10H15NO2S. The van der Waals surface area contributed by atoms with Crippen molar-refractivity contribution in [1.29, 1.82) is 0 Å². The van der Waals surface area contributed by atoms with Gasteiger partial charge in [0.05, 0.1) is 13.5 Å². The summed E-state index contributed by atoms with van der Waals surface area (Å²) in [6.07, 6.45) is 0.419. The van der Waals surface area contributed by atoms with Crippen LogP contribution in [-0.4, -0.2) is 19.1 Å². The van der Waals surface area contributed by atoms with Crippen LogP contribution in [0.3, 0.4) is 0 Å². The second kappa shape index (κ2) is 5.78. The Labute approximate surface area is 88.1 Å². The number of hydrogen-bond acceptors (Lipinski definition) is 4. The molecule has 0 unspecified atom stereocenters. The first-order chi connectivity index (χ1) is 6.72. The van der Waals surface area contributed by atoms with Gasteiger partial charge in [-0.3, -0.25) is 4.79 Å². The molecule has 0 fully saturated rings. The molecule has 0 saturated carbocycles. The second-order valence-electron chi connectivity index (χ2n) is 3.14. The predicted molar refractivity (Wildman–Crippen MR) is 57.3 cm³/mol. The SMILES string of the molecule is COC(=O)C[C@@H](C)NCc1cccs1. The molecule has 0 bridgehead atoms. The van der Waals surface area contributed by atoms with E-state index in [9.17, 15) is 4.79 Å². The molecule has 0 saturated heterocycles. The average Bonchev–Trinajstić information content (AvgIpc) is 2.67. The van der Waals surface area contributed by atoms with Gasteiger partial charge in [-0.1, -0.05) is 6.07 Å². The third kappa shape index (κ3) is 3.89. The molecule has 78 valence electrons. The van der Waals surface area contributed by atoms with Gasteiger partial charge >= 0.3 is 5.97 Å². The Hall–Kier alpha value is -0.870. The van der Waals surface area contributed by atoms with Gasteiger partial charge in [0.1, 0.15) is 0 Å². The van der Waals surface area contributed by atoms with Crippen LogP contribution in [-0.2, 0) is 16.1 Å². The van der Waals surface area contributed by atoms with E-state index >= 15 is 0 Å². The number of thiophene rings is 1. The van der Waals surface area contributed by atoms with Crippen LogP contribution in [0.1, 0.15) is 18.2 Å². The molecule has 14 heavy (non-hydrogen) atoms. The Bertz CT molecular complexity index is 272. The molecule has 1 heterocycles. The summed E-state index contributed by atoms with van der Waals surface area (Å²) in [4.78, 5) is 12.2. The average molecular weight is 213 g/mol. The number of carbonyl (C=O) groups excluding carboxylic acids is 1. The van der Waals surface area contributed by atoms with Crippen LogP contribution >= 0.6 is 11.3 Å².